The van der Waals surface area contributed by atoms with Crippen LogP contribution in [0.25, 0.3) is 10.9 Å². The van der Waals surface area contributed by atoms with E-state index in [2.05, 4.69) is 10.3 Å². The molecule has 4 heteroatoms. The molecule has 0 aliphatic heterocycles. The van der Waals surface area contributed by atoms with Crippen LogP contribution in [-0.2, 0) is 0 Å². The van der Waals surface area contributed by atoms with E-state index in [0.717, 1.165) is 5.52 Å². The Kier molecular flexibility index (Phi) is 10.9. The molecule has 0 unspecified atom stereocenters. The topological polar surface area (TPSA) is 62.0 Å². The summed E-state index contributed by atoms with van der Waals surface area (Å²) in [6, 6.07) is 7.09. The van der Waals surface area contributed by atoms with Gasteiger partial charge in [0.2, 0.25) is 5.43 Å². The van der Waals surface area contributed by atoms with E-state index in [0.29, 0.717) is 5.39 Å². The number of amides is 1. The number of pyridine rings is 1. The van der Waals surface area contributed by atoms with Gasteiger partial charge in [0.25, 0.3) is 5.91 Å². The lowest BCUT2D eigenvalue weighted by atomic mass is 10.1. The number of aromatic amines is 1. The number of benzene rings is 1. The molecule has 0 saturated heterocycles. The first-order valence-electron chi connectivity index (χ1n) is 6.56. The summed E-state index contributed by atoms with van der Waals surface area (Å²) >= 11 is 0. The van der Waals surface area contributed by atoms with Crippen molar-refractivity contribution >= 4 is 16.8 Å². The zero-order valence-electron chi connectivity index (χ0n) is 12.2. The maximum absolute atomic E-state index is 11.8. The van der Waals surface area contributed by atoms with E-state index in [1.807, 2.05) is 33.8 Å². The Morgan fingerprint density at radius 3 is 2.20 bits per heavy atom. The van der Waals surface area contributed by atoms with E-state index in [1.165, 1.54) is 13.2 Å². The Morgan fingerprint density at radius 2 is 1.65 bits per heavy atom. The van der Waals surface area contributed by atoms with E-state index in [4.69, 9.17) is 0 Å². The van der Waals surface area contributed by atoms with Crippen LogP contribution in [0, 0.1) is 0 Å². The summed E-state index contributed by atoms with van der Waals surface area (Å²) in [6.07, 6.45) is 1.43. The molecular formula is C16H26N2O2. The molecule has 0 fully saturated rings. The molecule has 2 aromatic rings. The predicted molar refractivity (Wildman–Crippen MR) is 87.4 cm³/mol. The molecule has 1 amide bonds. The minimum Gasteiger partial charge on any atom is -0.360 e. The minimum atomic E-state index is -0.373. The third kappa shape index (κ3) is 4.53. The van der Waals surface area contributed by atoms with Crippen LogP contribution in [0.15, 0.2) is 35.3 Å². The maximum atomic E-state index is 11.8. The lowest BCUT2D eigenvalue weighted by Crippen LogP contribution is -2.25. The zero-order chi connectivity index (χ0) is 14.8. The second-order valence-electron chi connectivity index (χ2n) is 3.16. The third-order valence-electron chi connectivity index (χ3n) is 2.26. The van der Waals surface area contributed by atoms with Crippen LogP contribution in [0.5, 0.6) is 0 Å². The van der Waals surface area contributed by atoms with Crippen LogP contribution in [0.4, 0.5) is 0 Å². The van der Waals surface area contributed by atoms with Gasteiger partial charge in [-0.2, -0.15) is 0 Å². The summed E-state index contributed by atoms with van der Waals surface area (Å²) < 4.78 is 0. The molecule has 20 heavy (non-hydrogen) atoms. The largest absolute Gasteiger partial charge is 0.360 e. The second-order valence-corrected chi connectivity index (χ2v) is 3.16. The lowest BCUT2D eigenvalue weighted by molar-refractivity contribution is 0.0962. The molecule has 0 spiro atoms. The van der Waals surface area contributed by atoms with Gasteiger partial charge in [0.1, 0.15) is 5.56 Å². The monoisotopic (exact) mass is 278 g/mol. The van der Waals surface area contributed by atoms with Crippen LogP contribution in [-0.4, -0.2) is 17.9 Å². The average molecular weight is 278 g/mol. The van der Waals surface area contributed by atoms with Crippen LogP contribution in [0.2, 0.25) is 0 Å². The van der Waals surface area contributed by atoms with Gasteiger partial charge in [0, 0.05) is 24.1 Å². The van der Waals surface area contributed by atoms with Crippen molar-refractivity contribution in [2.45, 2.75) is 35.1 Å². The van der Waals surface area contributed by atoms with Crippen LogP contribution < -0.4 is 10.7 Å². The number of rotatable bonds is 1. The highest BCUT2D eigenvalue weighted by atomic mass is 16.2. The quantitative estimate of drug-likeness (QED) is 0.837. The summed E-state index contributed by atoms with van der Waals surface area (Å²) in [5.74, 6) is -0.373. The molecule has 2 N–H and O–H groups in total. The Bertz CT molecular complexity index is 574. The van der Waals surface area contributed by atoms with E-state index in [-0.39, 0.29) is 24.3 Å². The molecule has 1 aromatic heterocycles. The van der Waals surface area contributed by atoms with Crippen molar-refractivity contribution in [1.29, 1.82) is 0 Å². The summed E-state index contributed by atoms with van der Waals surface area (Å²) in [7, 11) is 1.50. The fourth-order valence-electron chi connectivity index (χ4n) is 1.47. The average Bonchev–Trinajstić information content (AvgIpc) is 2.51. The standard InChI is InChI=1S/C11H10N2O2.2C2H6.CH4/c1-12-11(15)8-6-13-9-5-3-2-4-7(9)10(8)14;2*1-2;/h2-6H,1H3,(H,12,15)(H,13,14);2*1-2H3;1H4. The molecule has 0 saturated carbocycles. The molecule has 0 radical (unpaired) electrons. The number of hydrogen-bond acceptors (Lipinski definition) is 2. The third-order valence-corrected chi connectivity index (χ3v) is 2.26. The van der Waals surface area contributed by atoms with Gasteiger partial charge < -0.3 is 10.3 Å². The predicted octanol–water partition coefficient (Wildman–Crippen LogP) is 3.58. The molecule has 1 aromatic carbocycles. The SMILES string of the molecule is C.CC.CC.CNC(=O)c1c[nH]c2ccccc2c1=O. The number of aromatic nitrogens is 1. The van der Waals surface area contributed by atoms with E-state index in [1.54, 1.807) is 18.2 Å². The first-order chi connectivity index (χ1) is 9.24. The van der Waals surface area contributed by atoms with Crippen molar-refractivity contribution in [2.75, 3.05) is 7.05 Å². The van der Waals surface area contributed by atoms with Crippen LogP contribution in [0.3, 0.4) is 0 Å². The fraction of sp³-hybridized carbons (Fsp3) is 0.375. The number of carbonyl (C=O) groups is 1. The van der Waals surface area contributed by atoms with Gasteiger partial charge in [-0.1, -0.05) is 47.3 Å². The van der Waals surface area contributed by atoms with E-state index < -0.39 is 0 Å². The molecule has 0 bridgehead atoms. The normalized spacial score (nSPS) is 8.25. The molecule has 112 valence electrons. The van der Waals surface area contributed by atoms with Crippen molar-refractivity contribution in [2.24, 2.45) is 0 Å². The highest BCUT2D eigenvalue weighted by Crippen LogP contribution is 2.06. The van der Waals surface area contributed by atoms with Gasteiger partial charge in [-0.05, 0) is 12.1 Å². The number of nitrogens with one attached hydrogen (secondary N) is 2. The maximum Gasteiger partial charge on any atom is 0.256 e. The number of carbonyl (C=O) groups excluding carboxylic acids is 1. The van der Waals surface area contributed by atoms with Crippen LogP contribution >= 0.6 is 0 Å². The van der Waals surface area contributed by atoms with Crippen molar-refractivity contribution in [1.82, 2.24) is 10.3 Å². The first kappa shape index (κ1) is 20.2. The Morgan fingerprint density at radius 1 is 1.10 bits per heavy atom. The Balaban J connectivity index is 0. The van der Waals surface area contributed by atoms with Gasteiger partial charge in [-0.15, -0.1) is 0 Å². The van der Waals surface area contributed by atoms with E-state index >= 15 is 0 Å². The molecule has 0 aliphatic carbocycles. The van der Waals surface area contributed by atoms with Gasteiger partial charge in [-0.3, -0.25) is 9.59 Å². The van der Waals surface area contributed by atoms with E-state index in [9.17, 15) is 9.59 Å². The fourth-order valence-corrected chi connectivity index (χ4v) is 1.47. The molecule has 4 nitrogen and oxygen atoms in total. The van der Waals surface area contributed by atoms with Gasteiger partial charge in [0.05, 0.1) is 0 Å². The molecule has 1 heterocycles. The second kappa shape index (κ2) is 10.8. The van der Waals surface area contributed by atoms with Gasteiger partial charge in [-0.25, -0.2) is 0 Å². The van der Waals surface area contributed by atoms with Crippen molar-refractivity contribution in [3.05, 3.63) is 46.2 Å². The minimum absolute atomic E-state index is 0. The highest BCUT2D eigenvalue weighted by molar-refractivity contribution is 5.96. The smallest absolute Gasteiger partial charge is 0.256 e. The number of H-pyrrole nitrogens is 1. The molecule has 0 atom stereocenters. The summed E-state index contributed by atoms with van der Waals surface area (Å²) in [4.78, 5) is 26.1. The van der Waals surface area contributed by atoms with Crippen molar-refractivity contribution in [3.63, 3.8) is 0 Å². The molecular weight excluding hydrogens is 252 g/mol. The number of para-hydroxylation sites is 1. The van der Waals surface area contributed by atoms with Crippen molar-refractivity contribution < 1.29 is 4.79 Å². The molecule has 2 rings (SSSR count). The van der Waals surface area contributed by atoms with Crippen molar-refractivity contribution in [3.8, 4) is 0 Å². The Labute approximate surface area is 121 Å². The van der Waals surface area contributed by atoms with Gasteiger partial charge >= 0.3 is 0 Å². The highest BCUT2D eigenvalue weighted by Gasteiger charge is 2.10. The first-order valence-corrected chi connectivity index (χ1v) is 6.56. The Hall–Kier alpha value is -2.10. The summed E-state index contributed by atoms with van der Waals surface area (Å²) in [5, 5.41) is 2.95. The van der Waals surface area contributed by atoms with Gasteiger partial charge in [0.15, 0.2) is 0 Å². The molecule has 0 aliphatic rings. The summed E-state index contributed by atoms with van der Waals surface area (Å²) in [5.41, 5.74) is 0.620. The zero-order valence-corrected chi connectivity index (χ0v) is 12.2. The lowest BCUT2D eigenvalue weighted by Gasteiger charge is -2.01. The number of fused-ring (bicyclic) bond motifs is 1. The van der Waals surface area contributed by atoms with Crippen LogP contribution in [0.1, 0.15) is 45.5 Å². The number of hydrogen-bond donors (Lipinski definition) is 2. The summed E-state index contributed by atoms with van der Waals surface area (Å²) in [6.45, 7) is 8.00.